The molecule has 4 rings (SSSR count). The normalized spacial score (nSPS) is 19.1. The number of anilines is 1. The number of nitrogens with zero attached hydrogens (tertiary/aromatic N) is 3. The average molecular weight is 386 g/mol. The van der Waals surface area contributed by atoms with Crippen LogP contribution in [0.5, 0.6) is 0 Å². The Morgan fingerprint density at radius 2 is 1.82 bits per heavy atom. The van der Waals surface area contributed by atoms with Gasteiger partial charge in [-0.05, 0) is 43.2 Å². The second-order valence-electron chi connectivity index (χ2n) is 7.03. The highest BCUT2D eigenvalue weighted by Crippen LogP contribution is 2.33. The van der Waals surface area contributed by atoms with Crippen LogP contribution in [0.2, 0.25) is 0 Å². The molecule has 2 aliphatic rings. The first-order chi connectivity index (χ1) is 13.5. The minimum absolute atomic E-state index is 0.0488. The van der Waals surface area contributed by atoms with Gasteiger partial charge in [-0.3, -0.25) is 14.4 Å². The molecule has 1 N–H and O–H groups in total. The third-order valence-electron chi connectivity index (χ3n) is 5.25. The van der Waals surface area contributed by atoms with Gasteiger partial charge in [-0.25, -0.2) is 9.49 Å². The molecule has 1 spiro atoms. The Morgan fingerprint density at radius 3 is 2.46 bits per heavy atom. The van der Waals surface area contributed by atoms with Crippen LogP contribution in [-0.2, 0) is 9.53 Å². The number of aromatic nitrogens is 2. The van der Waals surface area contributed by atoms with Gasteiger partial charge in [0.2, 0.25) is 0 Å². The number of aromatic amines is 1. The molecule has 3 heterocycles. The van der Waals surface area contributed by atoms with Crippen LogP contribution in [0.15, 0.2) is 41.2 Å². The number of rotatable bonds is 2. The van der Waals surface area contributed by atoms with E-state index in [1.807, 2.05) is 0 Å². The molecule has 0 bridgehead atoms. The van der Waals surface area contributed by atoms with Crippen LogP contribution in [0.4, 0.5) is 10.1 Å². The van der Waals surface area contributed by atoms with Crippen LogP contribution >= 0.6 is 0 Å². The van der Waals surface area contributed by atoms with E-state index in [-0.39, 0.29) is 35.5 Å². The molecule has 0 aliphatic carbocycles. The van der Waals surface area contributed by atoms with Crippen molar-refractivity contribution in [1.29, 1.82) is 0 Å². The van der Waals surface area contributed by atoms with Crippen molar-refractivity contribution in [3.63, 3.8) is 0 Å². The van der Waals surface area contributed by atoms with Gasteiger partial charge in [0.25, 0.3) is 17.4 Å². The van der Waals surface area contributed by atoms with E-state index in [1.165, 1.54) is 24.3 Å². The van der Waals surface area contributed by atoms with Crippen molar-refractivity contribution in [2.45, 2.75) is 18.4 Å². The van der Waals surface area contributed by atoms with Crippen LogP contribution in [0.25, 0.3) is 0 Å². The third kappa shape index (κ3) is 3.53. The zero-order valence-electron chi connectivity index (χ0n) is 15.1. The SMILES string of the molecule is O=C(c1ccc(=O)[nH]n1)N1CCC2(CC1)CN(c1ccc(F)cc1)C(=O)CO2. The maximum absolute atomic E-state index is 13.2. The van der Waals surface area contributed by atoms with E-state index in [0.717, 1.165) is 0 Å². The van der Waals surface area contributed by atoms with E-state index in [4.69, 9.17) is 4.74 Å². The van der Waals surface area contributed by atoms with E-state index in [0.29, 0.717) is 38.2 Å². The van der Waals surface area contributed by atoms with Crippen LogP contribution in [-0.4, -0.2) is 58.8 Å². The van der Waals surface area contributed by atoms with Gasteiger partial charge in [0, 0.05) is 24.8 Å². The first-order valence-electron chi connectivity index (χ1n) is 9.01. The van der Waals surface area contributed by atoms with Gasteiger partial charge in [-0.2, -0.15) is 5.10 Å². The molecule has 2 saturated heterocycles. The lowest BCUT2D eigenvalue weighted by atomic mass is 9.89. The van der Waals surface area contributed by atoms with Crippen molar-refractivity contribution in [3.05, 3.63) is 58.3 Å². The topological polar surface area (TPSA) is 95.6 Å². The number of nitrogens with one attached hydrogen (secondary N) is 1. The quantitative estimate of drug-likeness (QED) is 0.829. The molecule has 9 heteroatoms. The number of H-pyrrole nitrogens is 1. The Kier molecular flexibility index (Phi) is 4.68. The minimum atomic E-state index is -0.544. The molecule has 0 unspecified atom stereocenters. The molecule has 1 aromatic heterocycles. The molecule has 1 aromatic carbocycles. The molecule has 0 radical (unpaired) electrons. The Labute approximate surface area is 159 Å². The third-order valence-corrected chi connectivity index (χ3v) is 5.25. The number of hydrogen-bond donors (Lipinski definition) is 1. The molecule has 2 amide bonds. The Bertz CT molecular complexity index is 931. The van der Waals surface area contributed by atoms with E-state index in [2.05, 4.69) is 10.2 Å². The first-order valence-corrected chi connectivity index (χ1v) is 9.01. The van der Waals surface area contributed by atoms with Crippen LogP contribution in [0, 0.1) is 5.82 Å². The summed E-state index contributed by atoms with van der Waals surface area (Å²) in [6.45, 7) is 1.21. The largest absolute Gasteiger partial charge is 0.363 e. The summed E-state index contributed by atoms with van der Waals surface area (Å²) in [7, 11) is 0. The van der Waals surface area contributed by atoms with Crippen molar-refractivity contribution in [3.8, 4) is 0 Å². The molecule has 2 fully saturated rings. The van der Waals surface area contributed by atoms with Crippen LogP contribution in [0.1, 0.15) is 23.3 Å². The second-order valence-corrected chi connectivity index (χ2v) is 7.03. The number of carbonyl (C=O) groups is 2. The molecular formula is C19H19FN4O4. The Morgan fingerprint density at radius 1 is 1.11 bits per heavy atom. The molecule has 146 valence electrons. The highest BCUT2D eigenvalue weighted by molar-refractivity contribution is 5.95. The number of ether oxygens (including phenoxy) is 1. The lowest BCUT2D eigenvalue weighted by Gasteiger charge is -2.46. The molecule has 2 aromatic rings. The molecule has 0 atom stereocenters. The summed E-state index contributed by atoms with van der Waals surface area (Å²) in [5, 5.41) is 6.04. The van der Waals surface area contributed by atoms with Gasteiger partial charge in [0.1, 0.15) is 18.1 Å². The minimum Gasteiger partial charge on any atom is -0.363 e. The summed E-state index contributed by atoms with van der Waals surface area (Å²) in [5.41, 5.74) is -0.0964. The highest BCUT2D eigenvalue weighted by Gasteiger charge is 2.43. The molecule has 0 saturated carbocycles. The summed E-state index contributed by atoms with van der Waals surface area (Å²) >= 11 is 0. The number of likely N-dealkylation sites (tertiary alicyclic amines) is 1. The van der Waals surface area contributed by atoms with Crippen molar-refractivity contribution < 1.29 is 18.7 Å². The maximum Gasteiger partial charge on any atom is 0.274 e. The average Bonchev–Trinajstić information content (AvgIpc) is 2.71. The molecule has 8 nitrogen and oxygen atoms in total. The molecule has 28 heavy (non-hydrogen) atoms. The van der Waals surface area contributed by atoms with E-state index >= 15 is 0 Å². The Hall–Kier alpha value is -3.07. The van der Waals surface area contributed by atoms with Crippen molar-refractivity contribution in [1.82, 2.24) is 15.1 Å². The van der Waals surface area contributed by atoms with E-state index in [9.17, 15) is 18.8 Å². The molecular weight excluding hydrogens is 367 g/mol. The predicted octanol–water partition coefficient (Wildman–Crippen LogP) is 0.947. The number of morpholine rings is 1. The van der Waals surface area contributed by atoms with Crippen molar-refractivity contribution in [2.24, 2.45) is 0 Å². The summed E-state index contributed by atoms with van der Waals surface area (Å²) in [5.74, 6) is -0.789. The maximum atomic E-state index is 13.2. The first kappa shape index (κ1) is 18.3. The number of halogens is 1. The number of amides is 2. The summed E-state index contributed by atoms with van der Waals surface area (Å²) in [6, 6.07) is 8.46. The highest BCUT2D eigenvalue weighted by atomic mass is 19.1. The summed E-state index contributed by atoms with van der Waals surface area (Å²) in [4.78, 5) is 39.2. The fourth-order valence-corrected chi connectivity index (χ4v) is 3.62. The smallest absolute Gasteiger partial charge is 0.274 e. The summed E-state index contributed by atoms with van der Waals surface area (Å²) < 4.78 is 19.1. The number of piperidine rings is 1. The fraction of sp³-hybridized carbons (Fsp3) is 0.368. The fourth-order valence-electron chi connectivity index (χ4n) is 3.62. The van der Waals surface area contributed by atoms with Gasteiger partial charge in [0.15, 0.2) is 0 Å². The summed E-state index contributed by atoms with van der Waals surface area (Å²) in [6.07, 6.45) is 1.13. The predicted molar refractivity (Wildman–Crippen MR) is 97.4 cm³/mol. The number of hydrogen-bond acceptors (Lipinski definition) is 5. The number of benzene rings is 1. The van der Waals surface area contributed by atoms with E-state index in [1.54, 1.807) is 21.9 Å². The Balaban J connectivity index is 1.45. The van der Waals surface area contributed by atoms with Crippen LogP contribution < -0.4 is 10.5 Å². The lowest BCUT2D eigenvalue weighted by molar-refractivity contribution is -0.143. The van der Waals surface area contributed by atoms with Crippen molar-refractivity contribution >= 4 is 17.5 Å². The zero-order chi connectivity index (χ0) is 19.7. The standard InChI is InChI=1S/C19H19FN4O4/c20-13-1-3-14(4-2-13)24-12-19(28-11-17(24)26)7-9-23(10-8-19)18(27)15-5-6-16(25)22-21-15/h1-6H,7-12H2,(H,22,25). The number of carbonyl (C=O) groups excluding carboxylic acids is 2. The van der Waals surface area contributed by atoms with Gasteiger partial charge in [-0.1, -0.05) is 0 Å². The van der Waals surface area contributed by atoms with Crippen LogP contribution in [0.3, 0.4) is 0 Å². The van der Waals surface area contributed by atoms with E-state index < -0.39 is 5.60 Å². The molecule has 2 aliphatic heterocycles. The van der Waals surface area contributed by atoms with Gasteiger partial charge in [-0.15, -0.1) is 0 Å². The lowest BCUT2D eigenvalue weighted by Crippen LogP contribution is -2.59. The zero-order valence-corrected chi connectivity index (χ0v) is 15.1. The monoisotopic (exact) mass is 386 g/mol. The van der Waals surface area contributed by atoms with Gasteiger partial charge < -0.3 is 14.5 Å². The van der Waals surface area contributed by atoms with Crippen molar-refractivity contribution in [2.75, 3.05) is 31.1 Å². The van der Waals surface area contributed by atoms with Gasteiger partial charge >= 0.3 is 0 Å². The van der Waals surface area contributed by atoms with Gasteiger partial charge in [0.05, 0.1) is 12.1 Å². The second kappa shape index (κ2) is 7.16.